The molecule has 4 aromatic rings. The van der Waals surface area contributed by atoms with Gasteiger partial charge >= 0.3 is 0 Å². The van der Waals surface area contributed by atoms with Gasteiger partial charge in [0.1, 0.15) is 17.8 Å². The highest BCUT2D eigenvalue weighted by molar-refractivity contribution is 8.76. The summed E-state index contributed by atoms with van der Waals surface area (Å²) in [5, 5.41) is 37.0. The number of Topliss-reactive ketones (excluding diaryl/α,β-unsaturated/α-hetero) is 1. The topological polar surface area (TPSA) is 108 Å². The first-order chi connectivity index (χ1) is 24.4. The van der Waals surface area contributed by atoms with Gasteiger partial charge in [0.2, 0.25) is 0 Å². The Morgan fingerprint density at radius 3 is 2.54 bits per heavy atom. The number of nitrogens with one attached hydrogen (secondary N) is 1. The molecule has 0 bridgehead atoms. The number of ether oxygens (including phenoxy) is 2. The van der Waals surface area contributed by atoms with Crippen LogP contribution in [0.3, 0.4) is 0 Å². The van der Waals surface area contributed by atoms with Crippen molar-refractivity contribution < 1.29 is 29.6 Å². The second kappa shape index (κ2) is 17.8. The maximum atomic E-state index is 13.8. The van der Waals surface area contributed by atoms with Crippen LogP contribution in [0.25, 0.3) is 21.9 Å². The van der Waals surface area contributed by atoms with Crippen molar-refractivity contribution in [1.29, 1.82) is 0 Å². The van der Waals surface area contributed by atoms with Gasteiger partial charge < -0.3 is 24.8 Å². The monoisotopic (exact) mass is 715 g/mol. The minimum absolute atomic E-state index is 0.0329. The normalized spacial score (nSPS) is 19.1. The summed E-state index contributed by atoms with van der Waals surface area (Å²) >= 11 is 0. The largest absolute Gasteiger partial charge is 0.508 e. The Kier molecular flexibility index (Phi) is 13.0. The first-order valence-electron chi connectivity index (χ1n) is 17.9. The molecule has 0 amide bonds. The highest BCUT2D eigenvalue weighted by atomic mass is 33.1. The van der Waals surface area contributed by atoms with E-state index in [1.54, 1.807) is 30.0 Å². The van der Waals surface area contributed by atoms with Crippen LogP contribution in [0.1, 0.15) is 92.7 Å². The number of hydrogen-bond donors (Lipinski definition) is 4. The minimum atomic E-state index is -0.364. The molecule has 7 nitrogen and oxygen atoms in total. The highest BCUT2D eigenvalue weighted by Crippen LogP contribution is 2.45. The Morgan fingerprint density at radius 1 is 0.900 bits per heavy atom. The lowest BCUT2D eigenvalue weighted by atomic mass is 9.89. The average molecular weight is 716 g/mol. The smallest absolute Gasteiger partial charge is 0.168 e. The number of carbonyl (C=O) groups excluding carboxylic acids is 1. The third kappa shape index (κ3) is 9.17. The molecule has 50 heavy (non-hydrogen) atoms. The van der Waals surface area contributed by atoms with Crippen molar-refractivity contribution in [3.63, 3.8) is 0 Å². The van der Waals surface area contributed by atoms with Crippen molar-refractivity contribution in [2.75, 3.05) is 12.9 Å². The predicted octanol–water partition coefficient (Wildman–Crippen LogP) is 9.38. The zero-order chi connectivity index (χ0) is 34.9. The van der Waals surface area contributed by atoms with Crippen molar-refractivity contribution in [3.8, 4) is 28.4 Å². The number of rotatable bonds is 7. The number of ketones is 1. The van der Waals surface area contributed by atoms with E-state index in [9.17, 15) is 20.1 Å². The zero-order valence-corrected chi connectivity index (χ0v) is 30.5. The number of phenolic OH excluding ortho intramolecular Hbond substituents is 2. The number of aliphatic hydroxyl groups excluding tert-OH is 1. The molecular weight excluding hydrogens is 667 g/mol. The maximum absolute atomic E-state index is 13.8. The van der Waals surface area contributed by atoms with Crippen LogP contribution in [-0.4, -0.2) is 46.1 Å². The van der Waals surface area contributed by atoms with Crippen LogP contribution >= 0.6 is 21.6 Å². The Hall–Kier alpha value is -3.21. The summed E-state index contributed by atoms with van der Waals surface area (Å²) in [6, 6.07) is 21.4. The van der Waals surface area contributed by atoms with Gasteiger partial charge in [0, 0.05) is 36.0 Å². The zero-order valence-electron chi connectivity index (χ0n) is 28.9. The van der Waals surface area contributed by atoms with Crippen LogP contribution in [-0.2, 0) is 28.3 Å². The average Bonchev–Trinajstić information content (AvgIpc) is 3.13. The van der Waals surface area contributed by atoms with E-state index in [2.05, 4.69) is 11.4 Å². The van der Waals surface area contributed by atoms with E-state index < -0.39 is 0 Å². The van der Waals surface area contributed by atoms with Crippen molar-refractivity contribution in [2.24, 2.45) is 0 Å². The van der Waals surface area contributed by atoms with Gasteiger partial charge in [-0.1, -0.05) is 89.7 Å². The number of benzene rings is 4. The van der Waals surface area contributed by atoms with Gasteiger partial charge in [-0.25, -0.2) is 0 Å². The Bertz CT molecular complexity index is 1760. The van der Waals surface area contributed by atoms with Crippen molar-refractivity contribution in [1.82, 2.24) is 5.32 Å². The second-order valence-electron chi connectivity index (χ2n) is 13.5. The molecule has 1 heterocycles. The van der Waals surface area contributed by atoms with Crippen molar-refractivity contribution in [3.05, 3.63) is 89.0 Å². The molecule has 1 aliphatic heterocycles. The number of methoxy groups -OCH3 is 1. The van der Waals surface area contributed by atoms with Crippen LogP contribution in [0, 0.1) is 0 Å². The van der Waals surface area contributed by atoms with Gasteiger partial charge in [-0.05, 0) is 95.0 Å². The molecule has 2 aliphatic rings. The lowest BCUT2D eigenvalue weighted by Crippen LogP contribution is -2.38. The van der Waals surface area contributed by atoms with E-state index in [1.807, 2.05) is 59.3 Å². The quantitative estimate of drug-likeness (QED) is 0.110. The van der Waals surface area contributed by atoms with E-state index in [4.69, 9.17) is 9.47 Å². The van der Waals surface area contributed by atoms with Gasteiger partial charge in [0.25, 0.3) is 0 Å². The van der Waals surface area contributed by atoms with Crippen LogP contribution in [0.2, 0.25) is 0 Å². The Balaban J connectivity index is 1.30. The third-order valence-electron chi connectivity index (χ3n) is 9.99. The fraction of sp³-hybridized carbons (Fsp3) is 0.439. The fourth-order valence-corrected chi connectivity index (χ4v) is 9.63. The first-order valence-corrected chi connectivity index (χ1v) is 20.4. The lowest BCUT2D eigenvalue weighted by Gasteiger charge is -2.32. The standard InChI is InChI=1S/C41H49NO6S2/c1-47-40-38(46)20-16-29-14-18-32(44)23-34(48-41(42-31-10-3-2-4-11-31)30-9-7-8-27(22-30)25-43)12-5-6-21-49-50-26-37-35(39(29)40)19-15-28-13-17-33(45)24-36(28)37/h7-9,13,15-17,19-20,22,24,31,34,41-43,45-46H,2-6,10-12,14,18,21,23,25-26H2,1H3/t34-,41+/m1/s1. The molecule has 0 saturated heterocycles. The molecule has 9 heteroatoms. The van der Waals surface area contributed by atoms with E-state index in [-0.39, 0.29) is 36.2 Å². The molecule has 2 atom stereocenters. The molecule has 0 radical (unpaired) electrons. The van der Waals surface area contributed by atoms with Gasteiger partial charge in [0.05, 0.1) is 19.8 Å². The highest BCUT2D eigenvalue weighted by Gasteiger charge is 2.26. The van der Waals surface area contributed by atoms with Crippen LogP contribution in [0.5, 0.6) is 17.2 Å². The molecule has 266 valence electrons. The molecule has 0 spiro atoms. The number of phenols is 2. The number of hydrogen-bond acceptors (Lipinski definition) is 9. The van der Waals surface area contributed by atoms with E-state index in [0.29, 0.717) is 36.8 Å². The summed E-state index contributed by atoms with van der Waals surface area (Å²) in [4.78, 5) is 13.8. The summed E-state index contributed by atoms with van der Waals surface area (Å²) < 4.78 is 12.7. The lowest BCUT2D eigenvalue weighted by molar-refractivity contribution is -0.124. The van der Waals surface area contributed by atoms with E-state index in [0.717, 1.165) is 82.0 Å². The summed E-state index contributed by atoms with van der Waals surface area (Å²) in [5.74, 6) is 2.43. The molecule has 1 aliphatic carbocycles. The van der Waals surface area contributed by atoms with Gasteiger partial charge in [-0.15, -0.1) is 0 Å². The number of aromatic hydroxyl groups is 2. The first kappa shape index (κ1) is 36.6. The molecule has 0 aromatic heterocycles. The Morgan fingerprint density at radius 2 is 1.72 bits per heavy atom. The molecule has 1 saturated carbocycles. The molecular formula is C41H49NO6S2. The van der Waals surface area contributed by atoms with Crippen LogP contribution in [0.4, 0.5) is 0 Å². The third-order valence-corrected chi connectivity index (χ3v) is 12.4. The summed E-state index contributed by atoms with van der Waals surface area (Å²) in [6.07, 6.45) is 9.12. The van der Waals surface area contributed by atoms with Crippen LogP contribution in [0.15, 0.2) is 66.7 Å². The predicted molar refractivity (Wildman–Crippen MR) is 205 cm³/mol. The molecule has 4 N–H and O–H groups in total. The number of carbonyl (C=O) groups is 1. The second-order valence-corrected chi connectivity index (χ2v) is 16.1. The molecule has 0 unspecified atom stereocenters. The van der Waals surface area contributed by atoms with Gasteiger partial charge in [0.15, 0.2) is 11.5 Å². The number of aliphatic hydroxyl groups is 1. The molecule has 4 aromatic carbocycles. The SMILES string of the molecule is COc1c(O)ccc2c1-c1ccc3ccc(O)cc3c1CSSCCCC[C@@H](O[C@H](NC1CCCCC1)c1cccc(CO)c1)CC(=O)CC2. The van der Waals surface area contributed by atoms with Crippen molar-refractivity contribution in [2.45, 2.75) is 101 Å². The summed E-state index contributed by atoms with van der Waals surface area (Å²) in [5.41, 5.74) is 5.53. The molecule has 6 rings (SSSR count). The van der Waals surface area contributed by atoms with E-state index >= 15 is 0 Å². The van der Waals surface area contributed by atoms with Crippen molar-refractivity contribution >= 4 is 38.1 Å². The van der Waals surface area contributed by atoms with Gasteiger partial charge in [-0.2, -0.15) is 0 Å². The number of aryl methyl sites for hydroxylation is 1. The molecule has 1 fully saturated rings. The summed E-state index contributed by atoms with van der Waals surface area (Å²) in [6.45, 7) is -0.0329. The van der Waals surface area contributed by atoms with Gasteiger partial charge in [-0.3, -0.25) is 10.1 Å². The fourth-order valence-electron chi connectivity index (χ4n) is 7.37. The van der Waals surface area contributed by atoms with E-state index in [1.165, 1.54) is 19.3 Å². The Labute approximate surface area is 303 Å². The van der Waals surface area contributed by atoms with Crippen LogP contribution < -0.4 is 10.1 Å². The maximum Gasteiger partial charge on any atom is 0.168 e. The number of fused-ring (bicyclic) bond motifs is 5. The minimum Gasteiger partial charge on any atom is -0.508 e. The summed E-state index contributed by atoms with van der Waals surface area (Å²) in [7, 11) is 5.18.